The number of benzene rings is 2. The highest BCUT2D eigenvalue weighted by Gasteiger charge is 2.16. The highest BCUT2D eigenvalue weighted by Crippen LogP contribution is 2.27. The molecule has 0 saturated heterocycles. The Bertz CT molecular complexity index is 1020. The number of ether oxygens (including phenoxy) is 1. The van der Waals surface area contributed by atoms with E-state index in [2.05, 4.69) is 15.8 Å². The van der Waals surface area contributed by atoms with Crippen LogP contribution in [0.2, 0.25) is 0 Å². The van der Waals surface area contributed by atoms with Crippen molar-refractivity contribution in [2.24, 2.45) is 0 Å². The summed E-state index contributed by atoms with van der Waals surface area (Å²) in [4.78, 5) is 29.3. The molecule has 6 nitrogen and oxygen atoms in total. The van der Waals surface area contributed by atoms with Gasteiger partial charge in [0, 0.05) is 5.56 Å². The molecule has 2 N–H and O–H groups in total. The van der Waals surface area contributed by atoms with Crippen molar-refractivity contribution in [1.82, 2.24) is 15.8 Å². The third kappa shape index (κ3) is 5.42. The minimum absolute atomic E-state index is 0.130. The van der Waals surface area contributed by atoms with Crippen molar-refractivity contribution in [3.8, 4) is 16.3 Å². The van der Waals surface area contributed by atoms with Crippen molar-refractivity contribution in [2.75, 3.05) is 6.61 Å². The SMILES string of the molecule is Cc1ccc(C)c(OCCC(=O)NNC(=O)c2sc(-c3ccccc3)nc2C)c1. The number of hydrogen-bond donors (Lipinski definition) is 2. The first-order valence-corrected chi connectivity index (χ1v) is 10.1. The van der Waals surface area contributed by atoms with Crippen LogP contribution in [-0.2, 0) is 4.79 Å². The second-order valence-corrected chi connectivity index (χ2v) is 7.67. The third-order valence-electron chi connectivity index (χ3n) is 4.27. The van der Waals surface area contributed by atoms with Crippen molar-refractivity contribution >= 4 is 23.2 Å². The molecule has 2 amide bonds. The molecule has 1 heterocycles. The molecule has 1 aromatic heterocycles. The first kappa shape index (κ1) is 20.5. The summed E-state index contributed by atoms with van der Waals surface area (Å²) < 4.78 is 5.67. The molecule has 2 aromatic carbocycles. The zero-order chi connectivity index (χ0) is 20.8. The summed E-state index contributed by atoms with van der Waals surface area (Å²) in [7, 11) is 0. The summed E-state index contributed by atoms with van der Waals surface area (Å²) >= 11 is 1.29. The van der Waals surface area contributed by atoms with E-state index in [9.17, 15) is 9.59 Å². The molecule has 0 atom stereocenters. The molecule has 0 fully saturated rings. The summed E-state index contributed by atoms with van der Waals surface area (Å²) in [6, 6.07) is 15.6. The van der Waals surface area contributed by atoms with Crippen LogP contribution in [0.15, 0.2) is 48.5 Å². The first-order chi connectivity index (χ1) is 13.9. The highest BCUT2D eigenvalue weighted by atomic mass is 32.1. The zero-order valence-electron chi connectivity index (χ0n) is 16.6. The summed E-state index contributed by atoms with van der Waals surface area (Å²) in [5.74, 6) is 0.0515. The maximum absolute atomic E-state index is 12.4. The van der Waals surface area contributed by atoms with Gasteiger partial charge in [-0.05, 0) is 38.0 Å². The molecular weight excluding hydrogens is 386 g/mol. The number of carbonyl (C=O) groups excluding carboxylic acids is 2. The molecule has 3 rings (SSSR count). The van der Waals surface area contributed by atoms with Crippen molar-refractivity contribution < 1.29 is 14.3 Å². The van der Waals surface area contributed by atoms with E-state index in [1.807, 2.05) is 62.4 Å². The van der Waals surface area contributed by atoms with Crippen molar-refractivity contribution in [3.63, 3.8) is 0 Å². The van der Waals surface area contributed by atoms with Gasteiger partial charge < -0.3 is 4.74 Å². The summed E-state index contributed by atoms with van der Waals surface area (Å²) in [5, 5.41) is 0.765. The lowest BCUT2D eigenvalue weighted by Gasteiger charge is -2.10. The van der Waals surface area contributed by atoms with Crippen LogP contribution >= 0.6 is 11.3 Å². The number of hydrazine groups is 1. The molecule has 0 aliphatic rings. The van der Waals surface area contributed by atoms with Gasteiger partial charge in [0.1, 0.15) is 15.6 Å². The van der Waals surface area contributed by atoms with Gasteiger partial charge in [0.05, 0.1) is 18.7 Å². The number of nitrogens with one attached hydrogen (secondary N) is 2. The normalized spacial score (nSPS) is 10.4. The maximum Gasteiger partial charge on any atom is 0.281 e. The molecule has 0 aliphatic heterocycles. The number of rotatable bonds is 6. The average molecular weight is 410 g/mol. The van der Waals surface area contributed by atoms with E-state index < -0.39 is 0 Å². The summed E-state index contributed by atoms with van der Waals surface area (Å²) in [6.07, 6.45) is 0.130. The predicted molar refractivity (Wildman–Crippen MR) is 114 cm³/mol. The largest absolute Gasteiger partial charge is 0.493 e. The van der Waals surface area contributed by atoms with Gasteiger partial charge in [-0.15, -0.1) is 11.3 Å². The van der Waals surface area contributed by atoms with Gasteiger partial charge in [-0.2, -0.15) is 0 Å². The van der Waals surface area contributed by atoms with Gasteiger partial charge in [0.2, 0.25) is 5.91 Å². The molecule has 29 heavy (non-hydrogen) atoms. The minimum atomic E-state index is -0.383. The van der Waals surface area contributed by atoms with Gasteiger partial charge in [-0.1, -0.05) is 42.5 Å². The van der Waals surface area contributed by atoms with Crippen molar-refractivity contribution in [1.29, 1.82) is 0 Å². The lowest BCUT2D eigenvalue weighted by Crippen LogP contribution is -2.42. The van der Waals surface area contributed by atoms with E-state index in [0.29, 0.717) is 10.6 Å². The summed E-state index contributed by atoms with van der Waals surface area (Å²) in [5.41, 5.74) is 8.56. The standard InChI is InChI=1S/C22H23N3O3S/c1-14-9-10-15(2)18(13-14)28-12-11-19(26)24-25-21(27)20-16(3)23-22(29-20)17-7-5-4-6-8-17/h4-10,13H,11-12H2,1-3H3,(H,24,26)(H,25,27). The second kappa shape index (κ2) is 9.34. The van der Waals surface area contributed by atoms with Crippen LogP contribution in [0, 0.1) is 20.8 Å². The van der Waals surface area contributed by atoms with Crippen LogP contribution in [0.4, 0.5) is 0 Å². The predicted octanol–water partition coefficient (Wildman–Crippen LogP) is 3.97. The van der Waals surface area contributed by atoms with Gasteiger partial charge in [0.25, 0.3) is 5.91 Å². The van der Waals surface area contributed by atoms with E-state index in [0.717, 1.165) is 27.4 Å². The van der Waals surface area contributed by atoms with E-state index in [4.69, 9.17) is 4.74 Å². The van der Waals surface area contributed by atoms with E-state index in [-0.39, 0.29) is 24.8 Å². The molecule has 0 radical (unpaired) electrons. The van der Waals surface area contributed by atoms with E-state index >= 15 is 0 Å². The molecule has 0 unspecified atom stereocenters. The van der Waals surface area contributed by atoms with Gasteiger partial charge >= 0.3 is 0 Å². The topological polar surface area (TPSA) is 80.3 Å². The lowest BCUT2D eigenvalue weighted by atomic mass is 10.1. The van der Waals surface area contributed by atoms with E-state index in [1.165, 1.54) is 11.3 Å². The molecule has 0 spiro atoms. The number of nitrogens with zero attached hydrogens (tertiary/aromatic N) is 1. The number of thiazole rings is 1. The smallest absolute Gasteiger partial charge is 0.281 e. The Hall–Kier alpha value is -3.19. The molecule has 150 valence electrons. The lowest BCUT2D eigenvalue weighted by molar-refractivity contribution is -0.122. The Morgan fingerprint density at radius 3 is 2.55 bits per heavy atom. The fourth-order valence-corrected chi connectivity index (χ4v) is 3.64. The quantitative estimate of drug-likeness (QED) is 0.604. The molecular formula is C22H23N3O3S. The first-order valence-electron chi connectivity index (χ1n) is 9.26. The molecule has 0 aliphatic carbocycles. The molecule has 0 bridgehead atoms. The Balaban J connectivity index is 1.49. The van der Waals surface area contributed by atoms with Crippen LogP contribution in [0.3, 0.4) is 0 Å². The van der Waals surface area contributed by atoms with Gasteiger partial charge in [0.15, 0.2) is 0 Å². The van der Waals surface area contributed by atoms with Crippen LogP contribution in [0.25, 0.3) is 10.6 Å². The zero-order valence-corrected chi connectivity index (χ0v) is 17.4. The van der Waals surface area contributed by atoms with E-state index in [1.54, 1.807) is 6.92 Å². The molecule has 0 saturated carbocycles. The molecule has 7 heteroatoms. The average Bonchev–Trinajstić information content (AvgIpc) is 3.11. The summed E-state index contributed by atoms with van der Waals surface area (Å²) in [6.45, 7) is 5.94. The van der Waals surface area contributed by atoms with Crippen molar-refractivity contribution in [3.05, 3.63) is 70.2 Å². The number of carbonyl (C=O) groups is 2. The fourth-order valence-electron chi connectivity index (χ4n) is 2.67. The monoisotopic (exact) mass is 409 g/mol. The highest BCUT2D eigenvalue weighted by molar-refractivity contribution is 7.17. The minimum Gasteiger partial charge on any atom is -0.493 e. The van der Waals surface area contributed by atoms with Crippen molar-refractivity contribution in [2.45, 2.75) is 27.2 Å². The van der Waals surface area contributed by atoms with Gasteiger partial charge in [-0.25, -0.2) is 4.98 Å². The second-order valence-electron chi connectivity index (χ2n) is 6.67. The van der Waals surface area contributed by atoms with Crippen LogP contribution < -0.4 is 15.6 Å². The third-order valence-corrected chi connectivity index (χ3v) is 5.47. The number of aromatic nitrogens is 1. The Kier molecular flexibility index (Phi) is 6.61. The van der Waals surface area contributed by atoms with Crippen LogP contribution in [0.1, 0.15) is 32.9 Å². The Morgan fingerprint density at radius 2 is 1.79 bits per heavy atom. The Labute approximate surface area is 173 Å². The number of aryl methyl sites for hydroxylation is 3. The van der Waals surface area contributed by atoms with Crippen LogP contribution in [-0.4, -0.2) is 23.4 Å². The van der Waals surface area contributed by atoms with Crippen LogP contribution in [0.5, 0.6) is 5.75 Å². The van der Waals surface area contributed by atoms with Gasteiger partial charge in [-0.3, -0.25) is 20.4 Å². The fraction of sp³-hybridized carbons (Fsp3) is 0.227. The Morgan fingerprint density at radius 1 is 1.03 bits per heavy atom. The number of hydrogen-bond acceptors (Lipinski definition) is 5. The maximum atomic E-state index is 12.4. The molecule has 3 aromatic rings. The number of amides is 2.